The minimum absolute atomic E-state index is 0.147. The molecule has 0 amide bonds. The van der Waals surface area contributed by atoms with Crippen molar-refractivity contribution in [2.75, 3.05) is 0 Å². The van der Waals surface area contributed by atoms with Crippen molar-refractivity contribution >= 4 is 17.6 Å². The smallest absolute Gasteiger partial charge is 0.431 e. The fourth-order valence-corrected chi connectivity index (χ4v) is 2.93. The van der Waals surface area contributed by atoms with Crippen molar-refractivity contribution in [3.05, 3.63) is 68.0 Å². The molecule has 0 aliphatic heterocycles. The number of aliphatic carboxylic acids is 1. The molecule has 10 nitrogen and oxygen atoms in total. The summed E-state index contributed by atoms with van der Waals surface area (Å²) in [4.78, 5) is 43.6. The first-order valence-corrected chi connectivity index (χ1v) is 9.81. The average molecular weight is 519 g/mol. The van der Waals surface area contributed by atoms with Crippen LogP contribution in [0.25, 0.3) is 5.69 Å². The number of hydrogen-bond acceptors (Lipinski definition) is 7. The number of aromatic nitrogens is 4. The van der Waals surface area contributed by atoms with Crippen LogP contribution in [0.1, 0.15) is 19.5 Å². The monoisotopic (exact) mass is 518 g/mol. The van der Waals surface area contributed by atoms with Crippen LogP contribution in [0, 0.1) is 5.82 Å². The van der Waals surface area contributed by atoms with Gasteiger partial charge in [0.15, 0.2) is 0 Å². The van der Waals surface area contributed by atoms with Crippen LogP contribution in [0.15, 0.2) is 40.2 Å². The SMILES string of the molecule is Cn1c(C(F)(F)F)cc(=O)n(-c2cc(Oc3cc(OC(C)(C)C(=O)O)ncn3)c(Cl)cc2F)c1=O. The predicted octanol–water partition coefficient (Wildman–Crippen LogP) is 3.17. The summed E-state index contributed by atoms with van der Waals surface area (Å²) in [6.45, 7) is 2.53. The van der Waals surface area contributed by atoms with E-state index >= 15 is 0 Å². The number of alkyl halides is 3. The average Bonchev–Trinajstić information content (AvgIpc) is 2.73. The van der Waals surface area contributed by atoms with Crippen molar-refractivity contribution in [3.8, 4) is 23.2 Å². The van der Waals surface area contributed by atoms with Crippen LogP contribution in [-0.4, -0.2) is 35.8 Å². The molecule has 0 fully saturated rings. The zero-order valence-corrected chi connectivity index (χ0v) is 18.8. The summed E-state index contributed by atoms with van der Waals surface area (Å²) in [6, 6.07) is 2.74. The summed E-state index contributed by atoms with van der Waals surface area (Å²) in [5.41, 5.74) is -6.82. The molecule has 3 aromatic rings. The maximum atomic E-state index is 14.6. The van der Waals surface area contributed by atoms with E-state index in [0.717, 1.165) is 25.5 Å². The van der Waals surface area contributed by atoms with Crippen LogP contribution in [0.3, 0.4) is 0 Å². The first-order chi connectivity index (χ1) is 16.1. The van der Waals surface area contributed by atoms with Crippen LogP contribution >= 0.6 is 11.6 Å². The molecule has 0 spiro atoms. The van der Waals surface area contributed by atoms with Gasteiger partial charge in [-0.25, -0.2) is 28.5 Å². The van der Waals surface area contributed by atoms with Gasteiger partial charge in [0.1, 0.15) is 23.6 Å². The number of hydrogen-bond donors (Lipinski definition) is 1. The fourth-order valence-electron chi connectivity index (χ4n) is 2.74. The van der Waals surface area contributed by atoms with Crippen LogP contribution in [0.2, 0.25) is 5.02 Å². The van der Waals surface area contributed by atoms with Gasteiger partial charge in [0, 0.05) is 19.2 Å². The lowest BCUT2D eigenvalue weighted by molar-refractivity contribution is -0.152. The minimum atomic E-state index is -5.00. The summed E-state index contributed by atoms with van der Waals surface area (Å²) >= 11 is 5.99. The van der Waals surface area contributed by atoms with Gasteiger partial charge >= 0.3 is 17.8 Å². The van der Waals surface area contributed by atoms with Crippen molar-refractivity contribution < 1.29 is 36.9 Å². The first kappa shape index (κ1) is 25.7. The summed E-state index contributed by atoms with van der Waals surface area (Å²) in [5, 5.41) is 8.83. The highest BCUT2D eigenvalue weighted by Crippen LogP contribution is 2.33. The maximum Gasteiger partial charge on any atom is 0.431 e. The Morgan fingerprint density at radius 1 is 1.09 bits per heavy atom. The second-order valence-corrected chi connectivity index (χ2v) is 7.90. The number of ether oxygens (including phenoxy) is 2. The Morgan fingerprint density at radius 2 is 1.71 bits per heavy atom. The molecular formula is C20H15ClF4N4O6. The Hall–Kier alpha value is -3.94. The van der Waals surface area contributed by atoms with Gasteiger partial charge in [0.2, 0.25) is 17.4 Å². The molecule has 0 saturated heterocycles. The molecule has 35 heavy (non-hydrogen) atoms. The van der Waals surface area contributed by atoms with Crippen molar-refractivity contribution in [1.82, 2.24) is 19.1 Å². The topological polar surface area (TPSA) is 126 Å². The Morgan fingerprint density at radius 3 is 2.31 bits per heavy atom. The maximum absolute atomic E-state index is 14.6. The molecule has 0 unspecified atom stereocenters. The van der Waals surface area contributed by atoms with E-state index in [0.29, 0.717) is 6.07 Å². The van der Waals surface area contributed by atoms with Crippen molar-refractivity contribution in [1.29, 1.82) is 0 Å². The van der Waals surface area contributed by atoms with Gasteiger partial charge in [-0.15, -0.1) is 0 Å². The first-order valence-electron chi connectivity index (χ1n) is 9.44. The number of rotatable bonds is 6. The lowest BCUT2D eigenvalue weighted by atomic mass is 10.1. The fraction of sp³-hybridized carbons (Fsp3) is 0.250. The molecule has 186 valence electrons. The van der Waals surface area contributed by atoms with E-state index in [1.54, 1.807) is 0 Å². The largest absolute Gasteiger partial charge is 0.478 e. The second kappa shape index (κ2) is 9.02. The normalized spacial score (nSPS) is 11.9. The van der Waals surface area contributed by atoms with Crippen LogP contribution < -0.4 is 20.7 Å². The van der Waals surface area contributed by atoms with E-state index in [2.05, 4.69) is 9.97 Å². The van der Waals surface area contributed by atoms with E-state index < -0.39 is 46.2 Å². The Kier molecular flexibility index (Phi) is 6.62. The van der Waals surface area contributed by atoms with Crippen molar-refractivity contribution in [3.63, 3.8) is 0 Å². The van der Waals surface area contributed by atoms with Gasteiger partial charge in [-0.05, 0) is 19.9 Å². The molecule has 1 N–H and O–H groups in total. The summed E-state index contributed by atoms with van der Waals surface area (Å²) < 4.78 is 64.9. The van der Waals surface area contributed by atoms with Gasteiger partial charge in [-0.3, -0.25) is 9.36 Å². The number of carboxylic acids is 1. The second-order valence-electron chi connectivity index (χ2n) is 7.49. The molecule has 0 aliphatic carbocycles. The molecule has 2 heterocycles. The molecular weight excluding hydrogens is 504 g/mol. The molecule has 0 radical (unpaired) electrons. The zero-order chi connectivity index (χ0) is 26.3. The van der Waals surface area contributed by atoms with Gasteiger partial charge in [-0.2, -0.15) is 13.2 Å². The third kappa shape index (κ3) is 5.26. The van der Waals surface area contributed by atoms with Crippen LogP contribution in [-0.2, 0) is 18.0 Å². The quantitative estimate of drug-likeness (QED) is 0.493. The predicted molar refractivity (Wildman–Crippen MR) is 112 cm³/mol. The van der Waals surface area contributed by atoms with Gasteiger partial charge < -0.3 is 14.6 Å². The molecule has 0 bridgehead atoms. The Balaban J connectivity index is 2.06. The molecule has 3 rings (SSSR count). The van der Waals surface area contributed by atoms with E-state index in [4.69, 9.17) is 26.2 Å². The van der Waals surface area contributed by atoms with Crippen LogP contribution in [0.4, 0.5) is 17.6 Å². The lowest BCUT2D eigenvalue weighted by Gasteiger charge is -2.20. The highest BCUT2D eigenvalue weighted by atomic mass is 35.5. The molecule has 15 heteroatoms. The Labute approximate surface area is 198 Å². The van der Waals surface area contributed by atoms with E-state index in [-0.39, 0.29) is 37.7 Å². The number of carboxylic acid groups (broad SMARTS) is 1. The van der Waals surface area contributed by atoms with E-state index in [1.165, 1.54) is 13.8 Å². The van der Waals surface area contributed by atoms with Gasteiger partial charge in [-0.1, -0.05) is 11.6 Å². The number of nitrogens with zero attached hydrogens (tertiary/aromatic N) is 4. The molecule has 0 saturated carbocycles. The summed E-state index contributed by atoms with van der Waals surface area (Å²) in [7, 11) is 0.771. The van der Waals surface area contributed by atoms with Crippen LogP contribution in [0.5, 0.6) is 17.5 Å². The van der Waals surface area contributed by atoms with E-state index in [1.807, 2.05) is 0 Å². The highest BCUT2D eigenvalue weighted by Gasteiger charge is 2.35. The number of halogens is 5. The minimum Gasteiger partial charge on any atom is -0.478 e. The third-order valence-electron chi connectivity index (χ3n) is 4.56. The molecule has 0 aliphatic rings. The molecule has 1 aromatic carbocycles. The third-order valence-corrected chi connectivity index (χ3v) is 4.85. The summed E-state index contributed by atoms with van der Waals surface area (Å²) in [6.07, 6.45) is -4.03. The summed E-state index contributed by atoms with van der Waals surface area (Å²) in [5.74, 6) is -3.26. The Bertz CT molecular complexity index is 1430. The van der Waals surface area contributed by atoms with Gasteiger partial charge in [0.05, 0.1) is 16.8 Å². The van der Waals surface area contributed by atoms with Gasteiger partial charge in [0.25, 0.3) is 5.56 Å². The van der Waals surface area contributed by atoms with Crippen molar-refractivity contribution in [2.24, 2.45) is 7.05 Å². The van der Waals surface area contributed by atoms with Crippen molar-refractivity contribution in [2.45, 2.75) is 25.6 Å². The highest BCUT2D eigenvalue weighted by molar-refractivity contribution is 6.32. The number of benzene rings is 1. The lowest BCUT2D eigenvalue weighted by Crippen LogP contribution is -2.41. The number of carbonyl (C=O) groups is 1. The standard InChI is InChI=1S/C20H15ClF4N4O6/c1-19(2,17(31)32)35-15-7-14(26-8-27-15)34-12-5-11(10(22)4-9(12)21)29-16(30)6-13(20(23,24)25)28(3)18(29)33/h4-8H,1-3H3,(H,31,32). The molecule has 2 aromatic heterocycles. The molecule has 0 atom stereocenters. The van der Waals surface area contributed by atoms with E-state index in [9.17, 15) is 31.9 Å². The zero-order valence-electron chi connectivity index (χ0n) is 18.1.